The van der Waals surface area contributed by atoms with Gasteiger partial charge < -0.3 is 9.64 Å². The van der Waals surface area contributed by atoms with E-state index in [1.54, 1.807) is 0 Å². The van der Waals surface area contributed by atoms with Crippen LogP contribution in [0.15, 0.2) is 36.4 Å². The number of halogens is 1. The van der Waals surface area contributed by atoms with Crippen molar-refractivity contribution in [2.75, 3.05) is 24.7 Å². The van der Waals surface area contributed by atoms with E-state index < -0.39 is 0 Å². The fourth-order valence-electron chi connectivity index (χ4n) is 2.75. The van der Waals surface area contributed by atoms with Gasteiger partial charge in [-0.15, -0.1) is 0 Å². The molecule has 0 amide bonds. The van der Waals surface area contributed by atoms with E-state index in [-0.39, 0.29) is 0 Å². The van der Waals surface area contributed by atoms with Crippen molar-refractivity contribution >= 4 is 17.4 Å². The van der Waals surface area contributed by atoms with Crippen molar-refractivity contribution in [3.8, 4) is 11.1 Å². The van der Waals surface area contributed by atoms with E-state index in [0.717, 1.165) is 31.1 Å². The number of morpholine rings is 1. The van der Waals surface area contributed by atoms with Crippen LogP contribution in [-0.4, -0.2) is 30.8 Å². The lowest BCUT2D eigenvalue weighted by molar-refractivity contribution is 0.0985. The molecule has 0 unspecified atom stereocenters. The Hall–Kier alpha value is -1.58. The Morgan fingerprint density at radius 1 is 1.29 bits per heavy atom. The molecule has 1 aliphatic heterocycles. The largest absolute Gasteiger partial charge is 0.377 e. The van der Waals surface area contributed by atoms with Crippen molar-refractivity contribution in [1.82, 2.24) is 4.98 Å². The number of aryl methyl sites for hydroxylation is 1. The second kappa shape index (κ2) is 6.04. The van der Waals surface area contributed by atoms with E-state index >= 15 is 0 Å². The van der Waals surface area contributed by atoms with Crippen LogP contribution in [0.2, 0.25) is 5.15 Å². The summed E-state index contributed by atoms with van der Waals surface area (Å²) in [6, 6.07) is 12.7. The first kappa shape index (κ1) is 14.4. The molecule has 0 radical (unpaired) electrons. The van der Waals surface area contributed by atoms with Gasteiger partial charge in [-0.25, -0.2) is 4.98 Å². The van der Waals surface area contributed by atoms with Gasteiger partial charge in [0.05, 0.1) is 19.3 Å². The van der Waals surface area contributed by atoms with E-state index in [2.05, 4.69) is 41.9 Å². The van der Waals surface area contributed by atoms with Gasteiger partial charge in [-0.3, -0.25) is 0 Å². The van der Waals surface area contributed by atoms with Crippen LogP contribution >= 0.6 is 11.6 Å². The molecule has 0 bridgehead atoms. The van der Waals surface area contributed by atoms with Gasteiger partial charge in [0, 0.05) is 6.54 Å². The standard InChI is InChI=1S/C17H19ClN2O/c1-12-5-3-4-6-15(12)14-9-16(18)19-17(10-14)20-7-8-21-11-13(20)2/h3-6,9-10,13H,7-8,11H2,1-2H3/t13-/m1/s1. The van der Waals surface area contributed by atoms with E-state index in [1.807, 2.05) is 18.2 Å². The molecular weight excluding hydrogens is 284 g/mol. The van der Waals surface area contributed by atoms with Crippen molar-refractivity contribution in [3.05, 3.63) is 47.1 Å². The molecule has 0 saturated carbocycles. The Balaban J connectivity index is 2.02. The van der Waals surface area contributed by atoms with Gasteiger partial charge in [-0.1, -0.05) is 35.9 Å². The molecule has 2 heterocycles. The van der Waals surface area contributed by atoms with Crippen molar-refractivity contribution in [1.29, 1.82) is 0 Å². The Kier molecular flexibility index (Phi) is 4.13. The van der Waals surface area contributed by atoms with Gasteiger partial charge in [0.25, 0.3) is 0 Å². The third-order valence-electron chi connectivity index (χ3n) is 3.90. The first-order valence-electron chi connectivity index (χ1n) is 7.23. The predicted molar refractivity (Wildman–Crippen MR) is 87.0 cm³/mol. The molecular formula is C17H19ClN2O. The third-order valence-corrected chi connectivity index (χ3v) is 4.09. The summed E-state index contributed by atoms with van der Waals surface area (Å²) in [5.74, 6) is 0.927. The maximum atomic E-state index is 6.25. The van der Waals surface area contributed by atoms with Crippen molar-refractivity contribution in [3.63, 3.8) is 0 Å². The minimum absolute atomic E-state index is 0.314. The third kappa shape index (κ3) is 3.04. The fourth-order valence-corrected chi connectivity index (χ4v) is 2.95. The summed E-state index contributed by atoms with van der Waals surface area (Å²) in [6.45, 7) is 6.57. The molecule has 0 N–H and O–H groups in total. The lowest BCUT2D eigenvalue weighted by Crippen LogP contribution is -2.44. The van der Waals surface area contributed by atoms with Crippen molar-refractivity contribution < 1.29 is 4.74 Å². The van der Waals surface area contributed by atoms with Crippen LogP contribution in [0.4, 0.5) is 5.82 Å². The highest BCUT2D eigenvalue weighted by atomic mass is 35.5. The van der Waals surface area contributed by atoms with E-state index in [0.29, 0.717) is 11.2 Å². The van der Waals surface area contributed by atoms with Crippen LogP contribution in [0.3, 0.4) is 0 Å². The zero-order valence-electron chi connectivity index (χ0n) is 12.3. The normalized spacial score (nSPS) is 18.8. The lowest BCUT2D eigenvalue weighted by atomic mass is 10.0. The number of ether oxygens (including phenoxy) is 1. The summed E-state index contributed by atoms with van der Waals surface area (Å²) >= 11 is 6.25. The van der Waals surface area contributed by atoms with Crippen LogP contribution in [0.5, 0.6) is 0 Å². The maximum Gasteiger partial charge on any atom is 0.132 e. The molecule has 110 valence electrons. The van der Waals surface area contributed by atoms with Gasteiger partial charge in [-0.05, 0) is 42.7 Å². The molecule has 0 aliphatic carbocycles. The zero-order chi connectivity index (χ0) is 14.8. The second-order valence-electron chi connectivity index (χ2n) is 5.47. The summed E-state index contributed by atoms with van der Waals surface area (Å²) in [7, 11) is 0. The van der Waals surface area contributed by atoms with Crippen LogP contribution in [0.1, 0.15) is 12.5 Å². The average Bonchev–Trinajstić information content (AvgIpc) is 2.47. The SMILES string of the molecule is Cc1ccccc1-c1cc(Cl)nc(N2CCOC[C@H]2C)c1. The molecule has 3 rings (SSSR count). The fraction of sp³-hybridized carbons (Fsp3) is 0.353. The van der Waals surface area contributed by atoms with Gasteiger partial charge >= 0.3 is 0 Å². The Bertz CT molecular complexity index is 644. The number of pyridine rings is 1. The summed E-state index contributed by atoms with van der Waals surface area (Å²) in [5.41, 5.74) is 3.55. The lowest BCUT2D eigenvalue weighted by Gasteiger charge is -2.34. The van der Waals surface area contributed by atoms with E-state index in [4.69, 9.17) is 16.3 Å². The summed E-state index contributed by atoms with van der Waals surface area (Å²) < 4.78 is 5.50. The summed E-state index contributed by atoms with van der Waals surface area (Å²) in [4.78, 5) is 6.76. The summed E-state index contributed by atoms with van der Waals surface area (Å²) in [5, 5.41) is 0.532. The summed E-state index contributed by atoms with van der Waals surface area (Å²) in [6.07, 6.45) is 0. The van der Waals surface area contributed by atoms with Gasteiger partial charge in [0.15, 0.2) is 0 Å². The van der Waals surface area contributed by atoms with Crippen LogP contribution in [0.25, 0.3) is 11.1 Å². The minimum atomic E-state index is 0.314. The first-order chi connectivity index (χ1) is 10.1. The van der Waals surface area contributed by atoms with Crippen LogP contribution in [-0.2, 0) is 4.74 Å². The Morgan fingerprint density at radius 3 is 2.86 bits per heavy atom. The van der Waals surface area contributed by atoms with Crippen LogP contribution in [0, 0.1) is 6.92 Å². The van der Waals surface area contributed by atoms with Gasteiger partial charge in [0.1, 0.15) is 11.0 Å². The number of rotatable bonds is 2. The highest BCUT2D eigenvalue weighted by Crippen LogP contribution is 2.29. The molecule has 3 nitrogen and oxygen atoms in total. The average molecular weight is 303 g/mol. The molecule has 1 atom stereocenters. The number of nitrogens with zero attached hydrogens (tertiary/aromatic N) is 2. The van der Waals surface area contributed by atoms with Gasteiger partial charge in [-0.2, -0.15) is 0 Å². The van der Waals surface area contributed by atoms with Crippen LogP contribution < -0.4 is 4.90 Å². The zero-order valence-corrected chi connectivity index (χ0v) is 13.1. The molecule has 1 aromatic carbocycles. The van der Waals surface area contributed by atoms with Crippen molar-refractivity contribution in [2.45, 2.75) is 19.9 Å². The van der Waals surface area contributed by atoms with E-state index in [1.165, 1.54) is 11.1 Å². The highest BCUT2D eigenvalue weighted by molar-refractivity contribution is 6.29. The number of benzene rings is 1. The highest BCUT2D eigenvalue weighted by Gasteiger charge is 2.21. The maximum absolute atomic E-state index is 6.25. The van der Waals surface area contributed by atoms with Crippen molar-refractivity contribution in [2.24, 2.45) is 0 Å². The molecule has 4 heteroatoms. The van der Waals surface area contributed by atoms with Gasteiger partial charge in [0.2, 0.25) is 0 Å². The predicted octanol–water partition coefficient (Wildman–Crippen LogP) is 3.94. The molecule has 0 spiro atoms. The second-order valence-corrected chi connectivity index (χ2v) is 5.86. The minimum Gasteiger partial charge on any atom is -0.377 e. The first-order valence-corrected chi connectivity index (χ1v) is 7.61. The number of anilines is 1. The molecule has 1 fully saturated rings. The molecule has 21 heavy (non-hydrogen) atoms. The van der Waals surface area contributed by atoms with E-state index in [9.17, 15) is 0 Å². The number of hydrogen-bond acceptors (Lipinski definition) is 3. The topological polar surface area (TPSA) is 25.4 Å². The quantitative estimate of drug-likeness (QED) is 0.786. The molecule has 1 aromatic heterocycles. The Labute approximate surface area is 130 Å². The number of hydrogen-bond donors (Lipinski definition) is 0. The smallest absolute Gasteiger partial charge is 0.132 e. The Morgan fingerprint density at radius 2 is 2.10 bits per heavy atom. The molecule has 1 aliphatic rings. The molecule has 1 saturated heterocycles. The monoisotopic (exact) mass is 302 g/mol. The molecule has 2 aromatic rings. The number of aromatic nitrogens is 1.